The van der Waals surface area contributed by atoms with Crippen LogP contribution in [0.15, 0.2) is 72.8 Å². The molecule has 2 aliphatic heterocycles. The highest BCUT2D eigenvalue weighted by Crippen LogP contribution is 2.39. The number of nitrogens with one attached hydrogen (secondary N) is 2. The van der Waals surface area contributed by atoms with Gasteiger partial charge in [-0.25, -0.2) is 29.9 Å². The predicted molar refractivity (Wildman–Crippen MR) is 182 cm³/mol. The lowest BCUT2D eigenvalue weighted by molar-refractivity contribution is 0.415. The number of H-pyrrole nitrogens is 2. The van der Waals surface area contributed by atoms with Crippen molar-refractivity contribution in [3.05, 3.63) is 72.8 Å². The van der Waals surface area contributed by atoms with Gasteiger partial charge < -0.3 is 28.9 Å². The van der Waals surface area contributed by atoms with Crippen molar-refractivity contribution < 1.29 is 18.9 Å². The molecule has 0 unspecified atom stereocenters. The third-order valence-corrected chi connectivity index (χ3v) is 8.66. The molecule has 0 aliphatic carbocycles. The maximum absolute atomic E-state index is 5.58. The molecule has 48 heavy (non-hydrogen) atoms. The Morgan fingerprint density at radius 1 is 0.354 bits per heavy atom. The number of ether oxygens (including phenoxy) is 4. The molecule has 0 saturated heterocycles. The molecule has 2 aliphatic rings. The second-order valence-electron chi connectivity index (χ2n) is 11.3. The first-order valence-electron chi connectivity index (χ1n) is 15.1. The van der Waals surface area contributed by atoms with Crippen LogP contribution in [0.25, 0.3) is 89.7 Å². The first-order valence-corrected chi connectivity index (χ1v) is 15.1. The zero-order valence-electron chi connectivity index (χ0n) is 26.2. The Labute approximate surface area is 272 Å². The fourth-order valence-corrected chi connectivity index (χ4v) is 6.22. The summed E-state index contributed by atoms with van der Waals surface area (Å²) in [4.78, 5) is 37.0. The van der Waals surface area contributed by atoms with E-state index in [1.165, 1.54) is 0 Å². The van der Waals surface area contributed by atoms with Crippen LogP contribution in [0.5, 0.6) is 23.0 Å². The van der Waals surface area contributed by atoms with E-state index < -0.39 is 0 Å². The lowest BCUT2D eigenvalue weighted by Gasteiger charge is -2.03. The van der Waals surface area contributed by atoms with E-state index in [-0.39, 0.29) is 0 Å². The van der Waals surface area contributed by atoms with Crippen LogP contribution in [0.3, 0.4) is 0 Å². The Hall–Kier alpha value is -6.56. The van der Waals surface area contributed by atoms with Gasteiger partial charge >= 0.3 is 0 Å². The monoisotopic (exact) mass is 634 g/mol. The van der Waals surface area contributed by atoms with Crippen molar-refractivity contribution in [1.82, 2.24) is 39.9 Å². The van der Waals surface area contributed by atoms with Crippen molar-refractivity contribution in [3.8, 4) is 68.5 Å². The van der Waals surface area contributed by atoms with Crippen LogP contribution in [0, 0.1) is 0 Å². The van der Waals surface area contributed by atoms with Gasteiger partial charge in [0.15, 0.2) is 23.3 Å². The molecular formula is C36H26N8O4. The molecule has 12 nitrogen and oxygen atoms in total. The molecule has 4 aromatic carbocycles. The van der Waals surface area contributed by atoms with Gasteiger partial charge in [0.2, 0.25) is 0 Å². The number of hydrogen-bond acceptors (Lipinski definition) is 10. The van der Waals surface area contributed by atoms with Crippen LogP contribution in [0.1, 0.15) is 0 Å². The van der Waals surface area contributed by atoms with Gasteiger partial charge in [0.1, 0.15) is 45.6 Å². The van der Waals surface area contributed by atoms with Crippen molar-refractivity contribution >= 4 is 44.1 Å². The molecule has 12 heteroatoms. The van der Waals surface area contributed by atoms with Crippen molar-refractivity contribution in [2.75, 3.05) is 28.4 Å². The van der Waals surface area contributed by atoms with Gasteiger partial charge in [-0.05, 0) is 72.8 Å². The molecule has 5 heterocycles. The van der Waals surface area contributed by atoms with Gasteiger partial charge in [0.05, 0.1) is 28.4 Å². The molecule has 0 fully saturated rings. The zero-order chi connectivity index (χ0) is 32.5. The summed E-state index contributed by atoms with van der Waals surface area (Å²) < 4.78 is 22.3. The highest BCUT2D eigenvalue weighted by Gasteiger charge is 2.23. The van der Waals surface area contributed by atoms with Crippen LogP contribution in [-0.2, 0) is 0 Å². The number of methoxy groups -OCH3 is 4. The summed E-state index contributed by atoms with van der Waals surface area (Å²) in [5.74, 6) is 4.65. The van der Waals surface area contributed by atoms with Crippen LogP contribution < -0.4 is 18.9 Å². The number of fused-ring (bicyclic) bond motifs is 20. The molecule has 234 valence electrons. The van der Waals surface area contributed by atoms with Gasteiger partial charge in [0.25, 0.3) is 0 Å². The molecule has 0 spiro atoms. The van der Waals surface area contributed by atoms with Crippen molar-refractivity contribution in [2.24, 2.45) is 0 Å². The second kappa shape index (κ2) is 10.5. The molecule has 0 radical (unpaired) electrons. The Kier molecular flexibility index (Phi) is 6.06. The largest absolute Gasteiger partial charge is 0.497 e. The second-order valence-corrected chi connectivity index (χ2v) is 11.3. The van der Waals surface area contributed by atoms with Gasteiger partial charge in [-0.15, -0.1) is 0 Å². The minimum atomic E-state index is 0.473. The minimum absolute atomic E-state index is 0.473. The zero-order valence-corrected chi connectivity index (χ0v) is 26.2. The third-order valence-electron chi connectivity index (χ3n) is 8.66. The molecule has 0 saturated carbocycles. The summed E-state index contributed by atoms with van der Waals surface area (Å²) in [6, 6.07) is 23.0. The molecule has 9 rings (SSSR count). The smallest absolute Gasteiger partial charge is 0.164 e. The van der Waals surface area contributed by atoms with E-state index in [1.54, 1.807) is 28.4 Å². The summed E-state index contributed by atoms with van der Waals surface area (Å²) in [7, 11) is 6.53. The topological polar surface area (TPSA) is 146 Å². The van der Waals surface area contributed by atoms with E-state index in [4.69, 9.17) is 48.9 Å². The van der Waals surface area contributed by atoms with Crippen LogP contribution in [0.4, 0.5) is 0 Å². The maximum atomic E-state index is 5.58. The minimum Gasteiger partial charge on any atom is -0.497 e. The molecule has 0 amide bonds. The fraction of sp³-hybridized carbons (Fsp3) is 0.111. The molecule has 3 aromatic heterocycles. The molecule has 2 N–H and O–H groups in total. The lowest BCUT2D eigenvalue weighted by atomic mass is 10.1. The average molecular weight is 635 g/mol. The molecular weight excluding hydrogens is 608 g/mol. The van der Waals surface area contributed by atoms with E-state index in [2.05, 4.69) is 9.97 Å². The van der Waals surface area contributed by atoms with Gasteiger partial charge in [0, 0.05) is 43.8 Å². The Morgan fingerprint density at radius 2 is 0.688 bits per heavy atom. The number of aromatic nitrogens is 8. The van der Waals surface area contributed by atoms with Crippen molar-refractivity contribution in [3.63, 3.8) is 0 Å². The van der Waals surface area contributed by atoms with E-state index in [0.717, 1.165) is 43.8 Å². The standard InChI is InChI=1S/C36H26N8O4/c1-45-17-5-9-21-25(13-17)33-39-29(21)37-30-23-11-7-19(47-3)15-27(23)35(41-30)44-36-28-16-20(48-4)8-12-24(28)32(42-36)38-31-22-10-6-18(46-2)14-26(22)34(40-31)43-33/h5-16H,1-4H3,(H2,37,38,39,40,41,42,43,44). The fourth-order valence-electron chi connectivity index (χ4n) is 6.22. The Bertz CT molecular complexity index is 2460. The summed E-state index contributed by atoms with van der Waals surface area (Å²) in [5.41, 5.74) is 5.47. The summed E-state index contributed by atoms with van der Waals surface area (Å²) >= 11 is 0. The molecule has 7 aromatic rings. The van der Waals surface area contributed by atoms with Crippen LogP contribution >= 0.6 is 0 Å². The van der Waals surface area contributed by atoms with E-state index in [9.17, 15) is 0 Å². The van der Waals surface area contributed by atoms with Crippen molar-refractivity contribution in [1.29, 1.82) is 0 Å². The van der Waals surface area contributed by atoms with Gasteiger partial charge in [-0.1, -0.05) is 0 Å². The molecule has 0 atom stereocenters. The van der Waals surface area contributed by atoms with Gasteiger partial charge in [-0.2, -0.15) is 0 Å². The average Bonchev–Trinajstić information content (AvgIpc) is 3.85. The number of hydrogen-bond donors (Lipinski definition) is 2. The first kappa shape index (κ1) is 27.7. The highest BCUT2D eigenvalue weighted by molar-refractivity contribution is 6.07. The van der Waals surface area contributed by atoms with Crippen molar-refractivity contribution in [2.45, 2.75) is 0 Å². The van der Waals surface area contributed by atoms with Crippen LogP contribution in [0.2, 0.25) is 0 Å². The number of benzene rings is 4. The number of aromatic amines is 2. The Balaban J connectivity index is 1.48. The normalized spacial score (nSPS) is 11.8. The first-order chi connectivity index (χ1) is 23.5. The SMILES string of the molecule is COc1ccc2c(c1)-c1nc-2nc2[nH]c(nc3nc(nc4[nH]c(n1)c1cc(OC)ccc41)-c1ccc(OC)cc1-3)c1cc(OC)ccc21. The summed E-state index contributed by atoms with van der Waals surface area (Å²) in [6.07, 6.45) is 0. The molecule has 8 bridgehead atoms. The highest BCUT2D eigenvalue weighted by atomic mass is 16.5. The van der Waals surface area contributed by atoms with E-state index in [0.29, 0.717) is 68.9 Å². The van der Waals surface area contributed by atoms with E-state index in [1.807, 2.05) is 72.8 Å². The van der Waals surface area contributed by atoms with Gasteiger partial charge in [-0.3, -0.25) is 0 Å². The van der Waals surface area contributed by atoms with Crippen LogP contribution in [-0.4, -0.2) is 68.3 Å². The predicted octanol–water partition coefficient (Wildman–Crippen LogP) is 6.90. The quantitative estimate of drug-likeness (QED) is 0.210. The van der Waals surface area contributed by atoms with E-state index >= 15 is 0 Å². The summed E-state index contributed by atoms with van der Waals surface area (Å²) in [5, 5.41) is 3.30. The lowest BCUT2D eigenvalue weighted by Crippen LogP contribution is -1.86. The Morgan fingerprint density at radius 3 is 1.08 bits per heavy atom. The number of rotatable bonds is 4. The third kappa shape index (κ3) is 4.23. The maximum Gasteiger partial charge on any atom is 0.164 e. The summed E-state index contributed by atoms with van der Waals surface area (Å²) in [6.45, 7) is 0. The number of nitrogens with zero attached hydrogens (tertiary/aromatic N) is 6.